The first-order chi connectivity index (χ1) is 14.6. The van der Waals surface area contributed by atoms with Crippen LogP contribution < -0.4 is 10.6 Å². The molecule has 0 aliphatic carbocycles. The van der Waals surface area contributed by atoms with E-state index in [9.17, 15) is 4.79 Å². The van der Waals surface area contributed by atoms with E-state index in [4.69, 9.17) is 0 Å². The lowest BCUT2D eigenvalue weighted by atomic mass is 10.1. The number of H-pyrrole nitrogens is 1. The molecule has 4 rings (SSSR count). The van der Waals surface area contributed by atoms with Gasteiger partial charge in [-0.05, 0) is 31.9 Å². The Morgan fingerprint density at radius 1 is 1.03 bits per heavy atom. The van der Waals surface area contributed by atoms with Crippen LogP contribution in [0.1, 0.15) is 29.9 Å². The van der Waals surface area contributed by atoms with Gasteiger partial charge in [-0.3, -0.25) is 4.79 Å². The first-order valence-corrected chi connectivity index (χ1v) is 10.1. The minimum atomic E-state index is -0.204. The number of aromatic nitrogens is 3. The molecule has 0 fully saturated rings. The molecular formula is C24H25N5O. The molecule has 0 unspecified atom stereocenters. The van der Waals surface area contributed by atoms with Gasteiger partial charge in [-0.15, -0.1) is 0 Å². The Kier molecular flexibility index (Phi) is 5.75. The van der Waals surface area contributed by atoms with Crippen molar-refractivity contribution in [3.63, 3.8) is 0 Å². The van der Waals surface area contributed by atoms with Gasteiger partial charge in [-0.2, -0.15) is 0 Å². The van der Waals surface area contributed by atoms with Gasteiger partial charge in [0, 0.05) is 41.3 Å². The highest BCUT2D eigenvalue weighted by molar-refractivity contribution is 5.93. The maximum absolute atomic E-state index is 12.6. The van der Waals surface area contributed by atoms with Gasteiger partial charge in [-0.1, -0.05) is 48.5 Å². The van der Waals surface area contributed by atoms with E-state index in [1.807, 2.05) is 62.5 Å². The lowest BCUT2D eigenvalue weighted by molar-refractivity contribution is 0.0938. The van der Waals surface area contributed by atoms with E-state index < -0.39 is 0 Å². The number of aromatic amines is 1. The first kappa shape index (κ1) is 19.6. The summed E-state index contributed by atoms with van der Waals surface area (Å²) in [5, 5.41) is 7.49. The Balaban J connectivity index is 1.56. The summed E-state index contributed by atoms with van der Waals surface area (Å²) in [5.74, 6) is 0.962. The van der Waals surface area contributed by atoms with E-state index in [0.29, 0.717) is 23.9 Å². The predicted molar refractivity (Wildman–Crippen MR) is 121 cm³/mol. The van der Waals surface area contributed by atoms with E-state index in [1.54, 1.807) is 6.07 Å². The summed E-state index contributed by atoms with van der Waals surface area (Å²) in [6.45, 7) is 4.55. The van der Waals surface area contributed by atoms with Crippen LogP contribution >= 0.6 is 0 Å². The molecular weight excluding hydrogens is 374 g/mol. The highest BCUT2D eigenvalue weighted by Crippen LogP contribution is 2.20. The topological polar surface area (TPSA) is 82.7 Å². The number of amides is 1. The van der Waals surface area contributed by atoms with Gasteiger partial charge in [0.1, 0.15) is 11.5 Å². The molecule has 2 aromatic carbocycles. The van der Waals surface area contributed by atoms with Gasteiger partial charge in [0.25, 0.3) is 5.91 Å². The molecule has 2 heterocycles. The maximum Gasteiger partial charge on any atom is 0.270 e. The summed E-state index contributed by atoms with van der Waals surface area (Å²) in [4.78, 5) is 25.0. The number of benzene rings is 2. The molecule has 0 atom stereocenters. The van der Waals surface area contributed by atoms with Crippen LogP contribution in [0.4, 0.5) is 5.82 Å². The summed E-state index contributed by atoms with van der Waals surface area (Å²) in [6.07, 6.45) is 2.88. The number of anilines is 1. The number of para-hydroxylation sites is 1. The fourth-order valence-corrected chi connectivity index (χ4v) is 3.37. The number of carbonyl (C=O) groups is 1. The molecule has 0 aliphatic heterocycles. The number of hydrogen-bond acceptors (Lipinski definition) is 4. The monoisotopic (exact) mass is 399 g/mol. The zero-order valence-corrected chi connectivity index (χ0v) is 17.1. The van der Waals surface area contributed by atoms with Crippen molar-refractivity contribution in [3.8, 4) is 11.4 Å². The van der Waals surface area contributed by atoms with E-state index >= 15 is 0 Å². The van der Waals surface area contributed by atoms with Crippen LogP contribution in [0.2, 0.25) is 0 Å². The number of rotatable bonds is 7. The van der Waals surface area contributed by atoms with Crippen molar-refractivity contribution in [1.29, 1.82) is 0 Å². The zero-order valence-electron chi connectivity index (χ0n) is 17.1. The number of nitrogens with one attached hydrogen (secondary N) is 3. The zero-order chi connectivity index (χ0) is 20.9. The minimum absolute atomic E-state index is 0.0333. The minimum Gasteiger partial charge on any atom is -0.370 e. The molecule has 30 heavy (non-hydrogen) atoms. The fraction of sp³-hybridized carbons (Fsp3) is 0.208. The average Bonchev–Trinajstić information content (AvgIpc) is 3.17. The molecule has 6 nitrogen and oxygen atoms in total. The fourth-order valence-electron chi connectivity index (χ4n) is 3.37. The number of hydrogen-bond donors (Lipinski definition) is 3. The smallest absolute Gasteiger partial charge is 0.270 e. The Morgan fingerprint density at radius 3 is 2.60 bits per heavy atom. The molecule has 152 valence electrons. The van der Waals surface area contributed by atoms with Crippen LogP contribution in [-0.4, -0.2) is 33.4 Å². The van der Waals surface area contributed by atoms with Crippen molar-refractivity contribution in [2.75, 3.05) is 11.9 Å². The van der Waals surface area contributed by atoms with Crippen molar-refractivity contribution in [3.05, 3.63) is 78.1 Å². The van der Waals surface area contributed by atoms with Gasteiger partial charge in [0.2, 0.25) is 0 Å². The van der Waals surface area contributed by atoms with Gasteiger partial charge < -0.3 is 15.6 Å². The Hall–Kier alpha value is -3.67. The molecule has 4 aromatic rings. The molecule has 6 heteroatoms. The van der Waals surface area contributed by atoms with Crippen LogP contribution in [-0.2, 0) is 6.42 Å². The third-order valence-electron chi connectivity index (χ3n) is 4.79. The maximum atomic E-state index is 12.6. The van der Waals surface area contributed by atoms with Gasteiger partial charge in [-0.25, -0.2) is 9.97 Å². The summed E-state index contributed by atoms with van der Waals surface area (Å²) in [5.41, 5.74) is 3.60. The Bertz CT molecular complexity index is 1150. The normalized spacial score (nSPS) is 11.0. The van der Waals surface area contributed by atoms with E-state index in [0.717, 1.165) is 17.5 Å². The second-order valence-electron chi connectivity index (χ2n) is 7.49. The van der Waals surface area contributed by atoms with Gasteiger partial charge >= 0.3 is 0 Å². The lowest BCUT2D eigenvalue weighted by Gasteiger charge is -2.12. The van der Waals surface area contributed by atoms with Gasteiger partial charge in [0.15, 0.2) is 5.82 Å². The quantitative estimate of drug-likeness (QED) is 0.430. The highest BCUT2D eigenvalue weighted by Gasteiger charge is 2.14. The highest BCUT2D eigenvalue weighted by atomic mass is 16.1. The molecule has 0 bridgehead atoms. The van der Waals surface area contributed by atoms with Gasteiger partial charge in [0.05, 0.1) is 0 Å². The second-order valence-corrected chi connectivity index (χ2v) is 7.49. The van der Waals surface area contributed by atoms with Crippen LogP contribution in [0, 0.1) is 0 Å². The molecule has 0 spiro atoms. The molecule has 0 radical (unpaired) electrons. The Labute approximate surface area is 175 Å². The van der Waals surface area contributed by atoms with Crippen molar-refractivity contribution in [2.45, 2.75) is 26.3 Å². The summed E-state index contributed by atoms with van der Waals surface area (Å²) in [6, 6.07) is 19.7. The number of nitrogens with zero attached hydrogens (tertiary/aromatic N) is 2. The SMILES string of the molecule is CC(C)NC(=O)c1cc(NCCc2c[nH]c3ccccc23)nc(-c2ccccc2)n1. The second kappa shape index (κ2) is 8.78. The van der Waals surface area contributed by atoms with E-state index in [2.05, 4.69) is 37.7 Å². The average molecular weight is 399 g/mol. The number of carbonyl (C=O) groups excluding carboxylic acids is 1. The third-order valence-corrected chi connectivity index (χ3v) is 4.79. The summed E-state index contributed by atoms with van der Waals surface area (Å²) in [7, 11) is 0. The number of fused-ring (bicyclic) bond motifs is 1. The summed E-state index contributed by atoms with van der Waals surface area (Å²) >= 11 is 0. The van der Waals surface area contributed by atoms with Crippen molar-refractivity contribution in [2.24, 2.45) is 0 Å². The molecule has 0 saturated heterocycles. The molecule has 2 aromatic heterocycles. The molecule has 3 N–H and O–H groups in total. The van der Waals surface area contributed by atoms with Crippen LogP contribution in [0.5, 0.6) is 0 Å². The molecule has 0 aliphatic rings. The van der Waals surface area contributed by atoms with E-state index in [1.165, 1.54) is 10.9 Å². The largest absolute Gasteiger partial charge is 0.370 e. The standard InChI is InChI=1S/C24H25N5O/c1-16(2)27-24(30)21-14-22(29-23(28-21)17-8-4-3-5-9-17)25-13-12-18-15-26-20-11-7-6-10-19(18)20/h3-11,14-16,26H,12-13H2,1-2H3,(H,27,30)(H,25,28,29). The predicted octanol–water partition coefficient (Wildman–Crippen LogP) is 4.42. The summed E-state index contributed by atoms with van der Waals surface area (Å²) < 4.78 is 0. The van der Waals surface area contributed by atoms with E-state index in [-0.39, 0.29) is 11.9 Å². The van der Waals surface area contributed by atoms with Crippen LogP contribution in [0.25, 0.3) is 22.3 Å². The first-order valence-electron chi connectivity index (χ1n) is 10.1. The lowest BCUT2D eigenvalue weighted by Crippen LogP contribution is -2.31. The molecule has 1 amide bonds. The van der Waals surface area contributed by atoms with Crippen LogP contribution in [0.3, 0.4) is 0 Å². The van der Waals surface area contributed by atoms with Crippen molar-refractivity contribution < 1.29 is 4.79 Å². The Morgan fingerprint density at radius 2 is 1.80 bits per heavy atom. The van der Waals surface area contributed by atoms with Crippen molar-refractivity contribution in [1.82, 2.24) is 20.3 Å². The molecule has 0 saturated carbocycles. The van der Waals surface area contributed by atoms with Crippen LogP contribution in [0.15, 0.2) is 66.9 Å². The third kappa shape index (κ3) is 4.49. The van der Waals surface area contributed by atoms with Crippen molar-refractivity contribution >= 4 is 22.6 Å².